The molecule has 1 N–H and O–H groups in total. The van der Waals surface area contributed by atoms with Crippen molar-refractivity contribution in [1.82, 2.24) is 4.90 Å². The minimum absolute atomic E-state index is 0.444. The Morgan fingerprint density at radius 1 is 1.47 bits per heavy atom. The molecular weight excluding hydrogens is 210 g/mol. The van der Waals surface area contributed by atoms with E-state index in [4.69, 9.17) is 11.6 Å². The molecule has 1 atom stereocenters. The normalized spacial score (nSPS) is 20.0. The van der Waals surface area contributed by atoms with E-state index in [1.807, 2.05) is 18.2 Å². The first-order valence-corrected chi connectivity index (χ1v) is 5.61. The van der Waals surface area contributed by atoms with Crippen LogP contribution in [0, 0.1) is 0 Å². The molecule has 0 aromatic heterocycles. The fourth-order valence-corrected chi connectivity index (χ4v) is 2.37. The van der Waals surface area contributed by atoms with Crippen LogP contribution in [0.15, 0.2) is 18.2 Å². The van der Waals surface area contributed by atoms with E-state index < -0.39 is 6.10 Å². The summed E-state index contributed by atoms with van der Waals surface area (Å²) in [6, 6.07) is 5.88. The Bertz CT molecular complexity index is 359. The number of halogens is 1. The van der Waals surface area contributed by atoms with Gasteiger partial charge in [0.15, 0.2) is 0 Å². The van der Waals surface area contributed by atoms with E-state index in [0.29, 0.717) is 5.92 Å². The highest BCUT2D eigenvalue weighted by Gasteiger charge is 2.26. The molecule has 0 aliphatic carbocycles. The highest BCUT2D eigenvalue weighted by Crippen LogP contribution is 2.32. The van der Waals surface area contributed by atoms with Gasteiger partial charge in [-0.15, -0.1) is 0 Å². The van der Waals surface area contributed by atoms with Crippen molar-refractivity contribution in [2.45, 2.75) is 18.9 Å². The minimum Gasteiger partial charge on any atom is -0.389 e. The molecule has 0 spiro atoms. The van der Waals surface area contributed by atoms with E-state index in [1.165, 1.54) is 5.56 Å². The summed E-state index contributed by atoms with van der Waals surface area (Å²) in [5, 5.41) is 10.2. The van der Waals surface area contributed by atoms with Gasteiger partial charge < -0.3 is 10.0 Å². The maximum absolute atomic E-state index is 9.42. The van der Waals surface area contributed by atoms with Gasteiger partial charge in [0.1, 0.15) is 0 Å². The van der Waals surface area contributed by atoms with Crippen LogP contribution in [0.2, 0.25) is 5.02 Å². The van der Waals surface area contributed by atoms with Gasteiger partial charge in [0.05, 0.1) is 6.10 Å². The second kappa shape index (κ2) is 4.12. The van der Waals surface area contributed by atoms with Gasteiger partial charge in [0, 0.05) is 24.0 Å². The van der Waals surface area contributed by atoms with Crippen LogP contribution < -0.4 is 0 Å². The lowest BCUT2D eigenvalue weighted by molar-refractivity contribution is 0.189. The fraction of sp³-hybridized carbons (Fsp3) is 0.500. The van der Waals surface area contributed by atoms with Crippen molar-refractivity contribution in [3.63, 3.8) is 0 Å². The summed E-state index contributed by atoms with van der Waals surface area (Å²) < 4.78 is 0. The minimum atomic E-state index is -0.444. The Morgan fingerprint density at radius 2 is 2.13 bits per heavy atom. The lowest BCUT2D eigenvalue weighted by atomic mass is 9.91. The molecule has 15 heavy (non-hydrogen) atoms. The summed E-state index contributed by atoms with van der Waals surface area (Å²) in [5.41, 5.74) is 2.09. The summed E-state index contributed by atoms with van der Waals surface area (Å²) >= 11 is 6.20. The van der Waals surface area contributed by atoms with Crippen molar-refractivity contribution < 1.29 is 5.11 Å². The Labute approximate surface area is 95.5 Å². The number of aliphatic hydroxyl groups is 1. The smallest absolute Gasteiger partial charge is 0.0762 e. The summed E-state index contributed by atoms with van der Waals surface area (Å²) in [7, 11) is 2.11. The second-order valence-electron chi connectivity index (χ2n) is 4.38. The van der Waals surface area contributed by atoms with Crippen molar-refractivity contribution in [3.8, 4) is 0 Å². The largest absolute Gasteiger partial charge is 0.389 e. The van der Waals surface area contributed by atoms with Gasteiger partial charge in [0.25, 0.3) is 0 Å². The number of benzene rings is 1. The molecule has 2 rings (SSSR count). The highest BCUT2D eigenvalue weighted by atomic mass is 35.5. The third-order valence-electron chi connectivity index (χ3n) is 3.01. The molecule has 1 fully saturated rings. The molecule has 3 heteroatoms. The van der Waals surface area contributed by atoms with Crippen molar-refractivity contribution in [2.75, 3.05) is 20.1 Å². The standard InChI is InChI=1S/C12H16ClNO/c1-8(15)9-3-4-11(12(13)5-9)10-6-14(2)7-10/h3-5,8,10,15H,6-7H2,1-2H3. The van der Waals surface area contributed by atoms with Gasteiger partial charge in [-0.05, 0) is 31.2 Å². The van der Waals surface area contributed by atoms with Crippen LogP contribution in [-0.4, -0.2) is 30.1 Å². The lowest BCUT2D eigenvalue weighted by Gasteiger charge is -2.37. The van der Waals surface area contributed by atoms with E-state index in [1.54, 1.807) is 6.92 Å². The van der Waals surface area contributed by atoms with Crippen LogP contribution in [0.5, 0.6) is 0 Å². The maximum Gasteiger partial charge on any atom is 0.0762 e. The zero-order chi connectivity index (χ0) is 11.0. The van der Waals surface area contributed by atoms with Crippen LogP contribution in [0.3, 0.4) is 0 Å². The molecule has 1 unspecified atom stereocenters. The van der Waals surface area contributed by atoms with Crippen molar-refractivity contribution in [1.29, 1.82) is 0 Å². The first-order valence-electron chi connectivity index (χ1n) is 5.24. The molecule has 1 aromatic carbocycles. The topological polar surface area (TPSA) is 23.5 Å². The third kappa shape index (κ3) is 2.17. The molecule has 1 aromatic rings. The van der Waals surface area contributed by atoms with Crippen molar-refractivity contribution in [3.05, 3.63) is 34.3 Å². The summed E-state index contributed by atoms with van der Waals surface area (Å²) in [4.78, 5) is 2.27. The molecule has 82 valence electrons. The van der Waals surface area contributed by atoms with E-state index in [9.17, 15) is 5.11 Å². The first-order chi connectivity index (χ1) is 7.08. The van der Waals surface area contributed by atoms with E-state index >= 15 is 0 Å². The number of hydrogen-bond acceptors (Lipinski definition) is 2. The maximum atomic E-state index is 9.42. The molecular formula is C12H16ClNO. The number of aliphatic hydroxyl groups excluding tert-OH is 1. The van der Waals surface area contributed by atoms with Gasteiger partial charge in [-0.25, -0.2) is 0 Å². The summed E-state index contributed by atoms with van der Waals surface area (Å²) in [5.74, 6) is 0.561. The van der Waals surface area contributed by atoms with E-state index in [0.717, 1.165) is 23.7 Å². The number of nitrogens with zero attached hydrogens (tertiary/aromatic N) is 1. The number of likely N-dealkylation sites (N-methyl/N-ethyl adjacent to an activating group) is 1. The number of rotatable bonds is 2. The molecule has 0 saturated carbocycles. The third-order valence-corrected chi connectivity index (χ3v) is 3.34. The van der Waals surface area contributed by atoms with Crippen LogP contribution in [0.1, 0.15) is 30.1 Å². The molecule has 0 radical (unpaired) electrons. The Morgan fingerprint density at radius 3 is 2.60 bits per heavy atom. The molecule has 2 nitrogen and oxygen atoms in total. The summed E-state index contributed by atoms with van der Waals surface area (Å²) in [6.45, 7) is 3.91. The average molecular weight is 226 g/mol. The second-order valence-corrected chi connectivity index (χ2v) is 4.78. The molecule has 0 bridgehead atoms. The van der Waals surface area contributed by atoms with Gasteiger partial charge >= 0.3 is 0 Å². The molecule has 1 aliphatic rings. The van der Waals surface area contributed by atoms with Crippen LogP contribution in [0.4, 0.5) is 0 Å². The predicted octanol–water partition coefficient (Wildman–Crippen LogP) is 2.42. The average Bonchev–Trinajstić information content (AvgIpc) is 2.13. The van der Waals surface area contributed by atoms with Crippen LogP contribution in [-0.2, 0) is 0 Å². The van der Waals surface area contributed by atoms with Gasteiger partial charge in [0.2, 0.25) is 0 Å². The number of hydrogen-bond donors (Lipinski definition) is 1. The molecule has 0 amide bonds. The van der Waals surface area contributed by atoms with E-state index in [-0.39, 0.29) is 0 Å². The monoisotopic (exact) mass is 225 g/mol. The van der Waals surface area contributed by atoms with Crippen LogP contribution >= 0.6 is 11.6 Å². The van der Waals surface area contributed by atoms with Crippen molar-refractivity contribution in [2.24, 2.45) is 0 Å². The molecule has 1 saturated heterocycles. The molecule has 1 heterocycles. The van der Waals surface area contributed by atoms with Gasteiger partial charge in [-0.1, -0.05) is 23.7 Å². The van der Waals surface area contributed by atoms with Gasteiger partial charge in [-0.3, -0.25) is 0 Å². The molecule has 1 aliphatic heterocycles. The zero-order valence-corrected chi connectivity index (χ0v) is 9.83. The fourth-order valence-electron chi connectivity index (χ4n) is 2.03. The SMILES string of the molecule is CC(O)c1ccc(C2CN(C)C2)c(Cl)c1. The first kappa shape index (κ1) is 10.9. The highest BCUT2D eigenvalue weighted by molar-refractivity contribution is 6.31. The summed E-state index contributed by atoms with van der Waals surface area (Å²) in [6.07, 6.45) is -0.444. The van der Waals surface area contributed by atoms with E-state index in [2.05, 4.69) is 11.9 Å². The Kier molecular flexibility index (Phi) is 3.01. The zero-order valence-electron chi connectivity index (χ0n) is 9.07. The lowest BCUT2D eigenvalue weighted by Crippen LogP contribution is -2.41. The quantitative estimate of drug-likeness (QED) is 0.836. The Balaban J connectivity index is 2.20. The number of likely N-dealkylation sites (tertiary alicyclic amines) is 1. The Hall–Kier alpha value is -0.570. The van der Waals surface area contributed by atoms with Crippen molar-refractivity contribution >= 4 is 11.6 Å². The van der Waals surface area contributed by atoms with Crippen LogP contribution in [0.25, 0.3) is 0 Å². The van der Waals surface area contributed by atoms with Gasteiger partial charge in [-0.2, -0.15) is 0 Å². The predicted molar refractivity (Wildman–Crippen MR) is 62.3 cm³/mol.